The van der Waals surface area contributed by atoms with Gasteiger partial charge < -0.3 is 10.6 Å². The van der Waals surface area contributed by atoms with Gasteiger partial charge in [-0.15, -0.1) is 11.8 Å². The first-order chi connectivity index (χ1) is 12.0. The van der Waals surface area contributed by atoms with Crippen LogP contribution in [0, 0.1) is 11.3 Å². The maximum absolute atomic E-state index is 12.3. The van der Waals surface area contributed by atoms with Gasteiger partial charge in [-0.05, 0) is 25.7 Å². The predicted octanol–water partition coefficient (Wildman–Crippen LogP) is 1.16. The van der Waals surface area contributed by atoms with E-state index in [1.165, 1.54) is 0 Å². The fourth-order valence-corrected chi connectivity index (χ4v) is 6.01. The lowest BCUT2D eigenvalue weighted by molar-refractivity contribution is -0.132. The fraction of sp³-hybridized carbons (Fsp3) is 0.875. The number of hydrogen-bond acceptors (Lipinski definition) is 6. The summed E-state index contributed by atoms with van der Waals surface area (Å²) >= 11 is 1.56. The van der Waals surface area contributed by atoms with Crippen LogP contribution in [0.1, 0.15) is 51.4 Å². The average Bonchev–Trinajstić information content (AvgIpc) is 3.10. The number of nitriles is 1. The maximum atomic E-state index is 12.3. The van der Waals surface area contributed by atoms with Gasteiger partial charge in [0.15, 0.2) is 0 Å². The Morgan fingerprint density at radius 3 is 2.72 bits per heavy atom. The van der Waals surface area contributed by atoms with Gasteiger partial charge in [0.25, 0.3) is 0 Å². The van der Waals surface area contributed by atoms with Gasteiger partial charge >= 0.3 is 0 Å². The molecule has 25 heavy (non-hydrogen) atoms. The van der Waals surface area contributed by atoms with Crippen molar-refractivity contribution in [1.29, 1.82) is 5.26 Å². The topological polar surface area (TPSA) is 116 Å². The summed E-state index contributed by atoms with van der Waals surface area (Å²) < 4.78 is 27.1. The lowest BCUT2D eigenvalue weighted by Crippen LogP contribution is -2.46. The van der Waals surface area contributed by atoms with Crippen LogP contribution in [0.3, 0.4) is 0 Å². The Balaban J connectivity index is 1.65. The smallest absolute Gasteiger partial charge is 0.241 e. The summed E-state index contributed by atoms with van der Waals surface area (Å²) in [5, 5.41) is 8.78. The van der Waals surface area contributed by atoms with Crippen molar-refractivity contribution in [2.45, 2.75) is 68.7 Å². The molecule has 2 atom stereocenters. The number of nitrogens with two attached hydrogens (primary N) is 1. The first-order valence-corrected chi connectivity index (χ1v) is 11.7. The van der Waals surface area contributed by atoms with Crippen molar-refractivity contribution in [2.24, 2.45) is 5.73 Å². The van der Waals surface area contributed by atoms with Crippen LogP contribution in [0.5, 0.6) is 0 Å². The molecule has 0 unspecified atom stereocenters. The Morgan fingerprint density at radius 2 is 2.04 bits per heavy atom. The van der Waals surface area contributed by atoms with E-state index in [1.54, 1.807) is 16.7 Å². The van der Waals surface area contributed by atoms with Gasteiger partial charge in [-0.1, -0.05) is 25.7 Å². The molecular weight excluding hydrogens is 360 g/mol. The summed E-state index contributed by atoms with van der Waals surface area (Å²) in [5.41, 5.74) is 5.95. The van der Waals surface area contributed by atoms with Crippen molar-refractivity contribution in [1.82, 2.24) is 9.62 Å². The summed E-state index contributed by atoms with van der Waals surface area (Å²) in [6.45, 7) is 0.389. The third-order valence-electron chi connectivity index (χ3n) is 4.87. The minimum Gasteiger partial charge on any atom is -0.320 e. The number of sulfonamides is 1. The molecule has 1 aliphatic carbocycles. The van der Waals surface area contributed by atoms with Crippen LogP contribution in [0.25, 0.3) is 0 Å². The van der Waals surface area contributed by atoms with Crippen molar-refractivity contribution in [3.8, 4) is 6.07 Å². The van der Waals surface area contributed by atoms with Crippen molar-refractivity contribution in [3.05, 3.63) is 0 Å². The second kappa shape index (κ2) is 9.76. The quantitative estimate of drug-likeness (QED) is 0.603. The van der Waals surface area contributed by atoms with Crippen LogP contribution in [0.15, 0.2) is 0 Å². The van der Waals surface area contributed by atoms with E-state index < -0.39 is 16.1 Å². The highest BCUT2D eigenvalue weighted by Gasteiger charge is 2.32. The van der Waals surface area contributed by atoms with Gasteiger partial charge in [-0.25, -0.2) is 13.1 Å². The SMILES string of the molecule is N#C[C@@H]1CSCN1C(=O)[C@@H](N)CCCCNS(=O)(=O)C1CCCCC1. The molecule has 0 aromatic heterocycles. The third-order valence-corrected chi connectivity index (χ3v) is 7.84. The summed E-state index contributed by atoms with van der Waals surface area (Å²) in [5.74, 6) is 0.975. The number of amides is 1. The Morgan fingerprint density at radius 1 is 1.32 bits per heavy atom. The van der Waals surface area contributed by atoms with E-state index in [9.17, 15) is 13.2 Å². The monoisotopic (exact) mass is 388 g/mol. The van der Waals surface area contributed by atoms with Gasteiger partial charge in [0.05, 0.1) is 23.2 Å². The molecule has 2 aliphatic rings. The molecule has 1 amide bonds. The van der Waals surface area contributed by atoms with E-state index in [2.05, 4.69) is 10.8 Å². The van der Waals surface area contributed by atoms with Gasteiger partial charge in [-0.2, -0.15) is 5.26 Å². The highest BCUT2D eigenvalue weighted by molar-refractivity contribution is 7.99. The molecule has 0 aromatic rings. The van der Waals surface area contributed by atoms with Crippen molar-refractivity contribution in [3.63, 3.8) is 0 Å². The molecule has 142 valence electrons. The lowest BCUT2D eigenvalue weighted by Gasteiger charge is -2.23. The lowest BCUT2D eigenvalue weighted by atomic mass is 10.0. The Labute approximate surface area is 154 Å². The second-order valence-corrected chi connectivity index (χ2v) is 9.80. The van der Waals surface area contributed by atoms with Crippen LogP contribution < -0.4 is 10.5 Å². The summed E-state index contributed by atoms with van der Waals surface area (Å²) in [6.07, 6.45) is 6.44. The molecule has 1 aliphatic heterocycles. The van der Waals surface area contributed by atoms with Crippen LogP contribution in [-0.2, 0) is 14.8 Å². The van der Waals surface area contributed by atoms with E-state index in [4.69, 9.17) is 11.0 Å². The number of nitrogens with zero attached hydrogens (tertiary/aromatic N) is 2. The Bertz CT molecular complexity index is 585. The number of hydrogen-bond donors (Lipinski definition) is 2. The highest BCUT2D eigenvalue weighted by Crippen LogP contribution is 2.23. The molecule has 1 heterocycles. The third kappa shape index (κ3) is 5.84. The molecule has 7 nitrogen and oxygen atoms in total. The first-order valence-electron chi connectivity index (χ1n) is 8.97. The minimum absolute atomic E-state index is 0.181. The normalized spacial score (nSPS) is 23.4. The molecule has 0 bridgehead atoms. The molecule has 2 fully saturated rings. The van der Waals surface area contributed by atoms with Gasteiger partial charge in [0.1, 0.15) is 6.04 Å². The predicted molar refractivity (Wildman–Crippen MR) is 99.2 cm³/mol. The molecule has 3 N–H and O–H groups in total. The molecule has 9 heteroatoms. The van der Waals surface area contributed by atoms with Gasteiger partial charge in [-0.3, -0.25) is 4.79 Å². The minimum atomic E-state index is -3.22. The summed E-state index contributed by atoms with van der Waals surface area (Å²) in [6, 6.07) is 1.12. The largest absolute Gasteiger partial charge is 0.320 e. The first kappa shape index (κ1) is 20.5. The fourth-order valence-electron chi connectivity index (χ4n) is 3.30. The molecule has 1 saturated heterocycles. The number of unbranched alkanes of at least 4 members (excludes halogenated alkanes) is 1. The van der Waals surface area contributed by atoms with Crippen molar-refractivity contribution < 1.29 is 13.2 Å². The molecule has 0 aromatic carbocycles. The number of nitrogens with one attached hydrogen (secondary N) is 1. The Hall–Kier alpha value is -0.820. The number of thioether (sulfide) groups is 1. The zero-order valence-electron chi connectivity index (χ0n) is 14.5. The zero-order valence-corrected chi connectivity index (χ0v) is 16.2. The van der Waals surface area contributed by atoms with Gasteiger partial charge in [0, 0.05) is 12.3 Å². The van der Waals surface area contributed by atoms with Gasteiger partial charge in [0.2, 0.25) is 15.9 Å². The molecule has 0 spiro atoms. The van der Waals surface area contributed by atoms with Crippen molar-refractivity contribution >= 4 is 27.7 Å². The number of rotatable bonds is 8. The van der Waals surface area contributed by atoms with Crippen LogP contribution >= 0.6 is 11.8 Å². The highest BCUT2D eigenvalue weighted by atomic mass is 32.2. The second-order valence-electron chi connectivity index (χ2n) is 6.75. The summed E-state index contributed by atoms with van der Waals surface area (Å²) in [7, 11) is -3.22. The van der Waals surface area contributed by atoms with E-state index in [0.29, 0.717) is 37.4 Å². The Kier molecular flexibility index (Phi) is 8.00. The van der Waals surface area contributed by atoms with E-state index >= 15 is 0 Å². The molecular formula is C16H28N4O3S2. The van der Waals surface area contributed by atoms with E-state index in [1.807, 2.05) is 0 Å². The number of carbonyl (C=O) groups excluding carboxylic acids is 1. The van der Waals surface area contributed by atoms with Crippen molar-refractivity contribution in [2.75, 3.05) is 18.2 Å². The standard InChI is InChI=1S/C16H28N4O3S2/c17-10-13-11-24-12-20(13)16(21)15(18)8-4-5-9-19-25(22,23)14-6-2-1-3-7-14/h13-15,19H,1-9,11-12,18H2/t13-,15+/m1/s1. The van der Waals surface area contributed by atoms with E-state index in [-0.39, 0.29) is 17.2 Å². The molecule has 2 rings (SSSR count). The van der Waals surface area contributed by atoms with Crippen LogP contribution in [0.2, 0.25) is 0 Å². The molecule has 0 radical (unpaired) electrons. The zero-order chi connectivity index (χ0) is 18.3. The van der Waals surface area contributed by atoms with Crippen LogP contribution in [-0.4, -0.2) is 54.7 Å². The number of carbonyl (C=O) groups is 1. The van der Waals surface area contributed by atoms with Crippen LogP contribution in [0.4, 0.5) is 0 Å². The average molecular weight is 389 g/mol. The summed E-state index contributed by atoms with van der Waals surface area (Å²) in [4.78, 5) is 13.8. The molecule has 1 saturated carbocycles. The van der Waals surface area contributed by atoms with E-state index in [0.717, 1.165) is 32.1 Å². The maximum Gasteiger partial charge on any atom is 0.241 e.